The second-order valence-electron chi connectivity index (χ2n) is 6.85. The predicted octanol–water partition coefficient (Wildman–Crippen LogP) is 5.86. The summed E-state index contributed by atoms with van der Waals surface area (Å²) in [4.78, 5) is 22.2. The van der Waals surface area contributed by atoms with Gasteiger partial charge in [-0.2, -0.15) is 0 Å². The third-order valence-corrected chi connectivity index (χ3v) is 4.87. The van der Waals surface area contributed by atoms with Gasteiger partial charge in [0.25, 0.3) is 0 Å². The quantitative estimate of drug-likeness (QED) is 0.321. The minimum Gasteiger partial charge on any atom is -0.492 e. The van der Waals surface area contributed by atoms with E-state index in [9.17, 15) is 9.59 Å². The molecule has 0 aliphatic rings. The smallest absolute Gasteiger partial charge is 0.303 e. The Morgan fingerprint density at radius 1 is 0.893 bits per heavy atom. The fourth-order valence-corrected chi connectivity index (χ4v) is 3.25. The number of carbonyl (C=O) groups is 2. The Kier molecular flexibility index (Phi) is 13.6. The Hall–Kier alpha value is -1.46. The van der Waals surface area contributed by atoms with Crippen molar-refractivity contribution < 1.29 is 19.4 Å². The lowest BCUT2D eigenvalue weighted by atomic mass is 10.1. The SMILES string of the molecule is O=C(O)CCCCCCCCCCNC(=O)CCCOc1ccc(Cl)cc1Cl. The van der Waals surface area contributed by atoms with Gasteiger partial charge in [0.1, 0.15) is 5.75 Å². The fraction of sp³-hybridized carbons (Fsp3) is 0.619. The van der Waals surface area contributed by atoms with E-state index in [1.54, 1.807) is 18.2 Å². The maximum Gasteiger partial charge on any atom is 0.303 e. The van der Waals surface area contributed by atoms with Crippen LogP contribution in [0.5, 0.6) is 5.75 Å². The average molecular weight is 432 g/mol. The predicted molar refractivity (Wildman–Crippen MR) is 113 cm³/mol. The van der Waals surface area contributed by atoms with Crippen LogP contribution in [0.4, 0.5) is 0 Å². The van der Waals surface area contributed by atoms with E-state index < -0.39 is 5.97 Å². The molecule has 0 aliphatic heterocycles. The first kappa shape index (κ1) is 24.6. The van der Waals surface area contributed by atoms with E-state index in [2.05, 4.69) is 5.32 Å². The Balaban J connectivity index is 1.89. The van der Waals surface area contributed by atoms with Gasteiger partial charge in [-0.3, -0.25) is 9.59 Å². The van der Waals surface area contributed by atoms with Crippen LogP contribution in [0.1, 0.15) is 70.6 Å². The Labute approximate surface area is 177 Å². The number of unbranched alkanes of at least 4 members (excludes halogenated alkanes) is 7. The van der Waals surface area contributed by atoms with Gasteiger partial charge in [0.2, 0.25) is 5.91 Å². The number of hydrogen-bond donors (Lipinski definition) is 2. The van der Waals surface area contributed by atoms with Crippen molar-refractivity contribution in [3.8, 4) is 5.75 Å². The molecule has 158 valence electrons. The molecule has 0 atom stereocenters. The number of amides is 1. The molecule has 0 fully saturated rings. The summed E-state index contributed by atoms with van der Waals surface area (Å²) < 4.78 is 5.56. The van der Waals surface area contributed by atoms with Crippen molar-refractivity contribution in [2.75, 3.05) is 13.2 Å². The number of carboxylic acid groups (broad SMARTS) is 1. The number of nitrogens with one attached hydrogen (secondary N) is 1. The molecule has 0 saturated heterocycles. The standard InChI is InChI=1S/C21H31Cl2NO4/c22-17-12-13-19(18(23)16-17)28-15-9-10-20(25)24-14-8-6-4-2-1-3-5-7-11-21(26)27/h12-13,16H,1-11,14-15H2,(H,24,25)(H,26,27). The molecule has 1 rings (SSSR count). The van der Waals surface area contributed by atoms with Crippen molar-refractivity contribution in [1.29, 1.82) is 0 Å². The highest BCUT2D eigenvalue weighted by Crippen LogP contribution is 2.27. The average Bonchev–Trinajstić information content (AvgIpc) is 2.64. The highest BCUT2D eigenvalue weighted by molar-refractivity contribution is 6.35. The zero-order valence-corrected chi connectivity index (χ0v) is 17.9. The molecule has 1 aromatic rings. The van der Waals surface area contributed by atoms with E-state index in [4.69, 9.17) is 33.0 Å². The third-order valence-electron chi connectivity index (χ3n) is 4.34. The molecule has 0 unspecified atom stereocenters. The first-order valence-corrected chi connectivity index (χ1v) is 10.8. The minimum atomic E-state index is -0.708. The first-order valence-electron chi connectivity index (χ1n) is 10.1. The van der Waals surface area contributed by atoms with Crippen molar-refractivity contribution in [2.24, 2.45) is 0 Å². The van der Waals surface area contributed by atoms with Crippen molar-refractivity contribution in [3.63, 3.8) is 0 Å². The summed E-state index contributed by atoms with van der Waals surface area (Å²) in [6, 6.07) is 5.07. The molecule has 0 saturated carbocycles. The first-order chi connectivity index (χ1) is 13.5. The molecule has 0 heterocycles. The highest BCUT2D eigenvalue weighted by Gasteiger charge is 2.04. The van der Waals surface area contributed by atoms with Crippen LogP contribution in [0.15, 0.2) is 18.2 Å². The number of carboxylic acids is 1. The van der Waals surface area contributed by atoms with Crippen LogP contribution in [0.2, 0.25) is 10.0 Å². The van der Waals surface area contributed by atoms with E-state index in [1.165, 1.54) is 6.42 Å². The van der Waals surface area contributed by atoms with E-state index in [0.29, 0.717) is 41.8 Å². The Bertz CT molecular complexity index is 596. The van der Waals surface area contributed by atoms with Gasteiger partial charge in [-0.25, -0.2) is 0 Å². The molecule has 0 spiro atoms. The number of halogens is 2. The van der Waals surface area contributed by atoms with E-state index >= 15 is 0 Å². The van der Waals surface area contributed by atoms with Gasteiger partial charge in [-0.15, -0.1) is 0 Å². The van der Waals surface area contributed by atoms with Crippen LogP contribution < -0.4 is 10.1 Å². The lowest BCUT2D eigenvalue weighted by molar-refractivity contribution is -0.137. The second kappa shape index (κ2) is 15.5. The number of ether oxygens (including phenoxy) is 1. The lowest BCUT2D eigenvalue weighted by Crippen LogP contribution is -2.24. The molecule has 7 heteroatoms. The summed E-state index contributed by atoms with van der Waals surface area (Å²) in [5, 5.41) is 12.5. The van der Waals surface area contributed by atoms with E-state index in [0.717, 1.165) is 44.9 Å². The summed E-state index contributed by atoms with van der Waals surface area (Å²) in [5.74, 6) is -0.0851. The van der Waals surface area contributed by atoms with Gasteiger partial charge in [-0.1, -0.05) is 61.7 Å². The summed E-state index contributed by atoms with van der Waals surface area (Å²) in [5.41, 5.74) is 0. The topological polar surface area (TPSA) is 75.6 Å². The minimum absolute atomic E-state index is 0.0456. The number of benzene rings is 1. The molecule has 5 nitrogen and oxygen atoms in total. The van der Waals surface area contributed by atoms with Crippen molar-refractivity contribution in [3.05, 3.63) is 28.2 Å². The van der Waals surface area contributed by atoms with Crippen LogP contribution in [-0.4, -0.2) is 30.1 Å². The zero-order chi connectivity index (χ0) is 20.6. The summed E-state index contributed by atoms with van der Waals surface area (Å²) in [7, 11) is 0. The zero-order valence-electron chi connectivity index (χ0n) is 16.4. The number of aliphatic carboxylic acids is 1. The van der Waals surface area contributed by atoms with Crippen LogP contribution in [0.25, 0.3) is 0 Å². The normalized spacial score (nSPS) is 10.6. The van der Waals surface area contributed by atoms with Crippen LogP contribution in [0, 0.1) is 0 Å². The molecular weight excluding hydrogens is 401 g/mol. The van der Waals surface area contributed by atoms with E-state index in [1.807, 2.05) is 0 Å². The van der Waals surface area contributed by atoms with Gasteiger partial charge >= 0.3 is 5.97 Å². The molecule has 1 amide bonds. The van der Waals surface area contributed by atoms with Gasteiger partial charge in [0, 0.05) is 24.4 Å². The Morgan fingerprint density at radius 3 is 2.18 bits per heavy atom. The van der Waals surface area contributed by atoms with Crippen LogP contribution in [-0.2, 0) is 9.59 Å². The maximum absolute atomic E-state index is 11.8. The summed E-state index contributed by atoms with van der Waals surface area (Å²) >= 11 is 11.9. The molecule has 0 bridgehead atoms. The van der Waals surface area contributed by atoms with Crippen molar-refractivity contribution >= 4 is 35.1 Å². The second-order valence-corrected chi connectivity index (χ2v) is 7.69. The summed E-state index contributed by atoms with van der Waals surface area (Å²) in [6.45, 7) is 1.14. The highest BCUT2D eigenvalue weighted by atomic mass is 35.5. The van der Waals surface area contributed by atoms with Crippen LogP contribution >= 0.6 is 23.2 Å². The van der Waals surface area contributed by atoms with Gasteiger partial charge in [0.15, 0.2) is 0 Å². The van der Waals surface area contributed by atoms with Gasteiger partial charge in [0.05, 0.1) is 11.6 Å². The largest absolute Gasteiger partial charge is 0.492 e. The molecule has 0 radical (unpaired) electrons. The molecule has 28 heavy (non-hydrogen) atoms. The lowest BCUT2D eigenvalue weighted by Gasteiger charge is -2.08. The molecule has 0 aliphatic carbocycles. The molecule has 2 N–H and O–H groups in total. The number of hydrogen-bond acceptors (Lipinski definition) is 3. The summed E-state index contributed by atoms with van der Waals surface area (Å²) in [6.07, 6.45) is 9.80. The fourth-order valence-electron chi connectivity index (χ4n) is 2.79. The Morgan fingerprint density at radius 2 is 1.54 bits per heavy atom. The van der Waals surface area contributed by atoms with Crippen molar-refractivity contribution in [2.45, 2.75) is 70.6 Å². The molecule has 0 aromatic heterocycles. The third kappa shape index (κ3) is 12.8. The van der Waals surface area contributed by atoms with Crippen LogP contribution in [0.3, 0.4) is 0 Å². The number of rotatable bonds is 16. The monoisotopic (exact) mass is 431 g/mol. The van der Waals surface area contributed by atoms with Crippen molar-refractivity contribution in [1.82, 2.24) is 5.32 Å². The maximum atomic E-state index is 11.8. The van der Waals surface area contributed by atoms with E-state index in [-0.39, 0.29) is 12.3 Å². The molecule has 1 aromatic carbocycles. The van der Waals surface area contributed by atoms with Gasteiger partial charge in [-0.05, 0) is 37.5 Å². The van der Waals surface area contributed by atoms with Gasteiger partial charge < -0.3 is 15.2 Å². The number of carbonyl (C=O) groups excluding carboxylic acids is 1. The molecular formula is C21H31Cl2NO4.